The number of aliphatic hydroxyl groups is 5. The lowest BCUT2D eigenvalue weighted by molar-refractivity contribution is -0.369. The molecule has 1 rings (SSSR count). The molecule has 0 radical (unpaired) electrons. The molecule has 10 heteroatoms. The predicted molar refractivity (Wildman–Crippen MR) is 72.4 cm³/mol. The fourth-order valence-electron chi connectivity index (χ4n) is 2.51. The second-order valence-corrected chi connectivity index (χ2v) is 5.48. The third kappa shape index (κ3) is 3.09. The molecule has 10 N–H and O–H groups in total. The normalized spacial score (nSPS) is 38.5. The minimum absolute atomic E-state index is 0.222. The summed E-state index contributed by atoms with van der Waals surface area (Å²) in [5.74, 6) is -4.55. The molecule has 1 heterocycles. The van der Waals surface area contributed by atoms with Crippen LogP contribution in [0.3, 0.4) is 0 Å². The van der Waals surface area contributed by atoms with E-state index in [2.05, 4.69) is 0 Å². The molecule has 0 saturated carbocycles. The van der Waals surface area contributed by atoms with Crippen LogP contribution in [-0.4, -0.2) is 85.5 Å². The van der Waals surface area contributed by atoms with Crippen LogP contribution in [0.15, 0.2) is 0 Å². The number of aliphatic hydroxyl groups excluding tert-OH is 4. The molecule has 130 valence electrons. The van der Waals surface area contributed by atoms with E-state index in [-0.39, 0.29) is 19.4 Å². The SMILES string of the molecule is NCCCCC(N)(C(=O)O)C1(O)OC(CO)C(O)C(O)C1O. The summed E-state index contributed by atoms with van der Waals surface area (Å²) in [6.45, 7) is -0.538. The maximum atomic E-state index is 11.5. The highest BCUT2D eigenvalue weighted by molar-refractivity contribution is 5.80. The number of nitrogens with two attached hydrogens (primary N) is 2. The van der Waals surface area contributed by atoms with E-state index in [9.17, 15) is 30.3 Å². The lowest BCUT2D eigenvalue weighted by atomic mass is 9.76. The number of carbonyl (C=O) groups is 1. The topological polar surface area (TPSA) is 200 Å². The summed E-state index contributed by atoms with van der Waals surface area (Å²) >= 11 is 0. The highest BCUT2D eigenvalue weighted by atomic mass is 16.7. The van der Waals surface area contributed by atoms with Crippen molar-refractivity contribution in [3.05, 3.63) is 0 Å². The Balaban J connectivity index is 3.16. The van der Waals surface area contributed by atoms with Crippen molar-refractivity contribution in [3.63, 3.8) is 0 Å². The second kappa shape index (κ2) is 7.15. The Hall–Kier alpha value is -0.850. The third-order valence-corrected chi connectivity index (χ3v) is 4.01. The van der Waals surface area contributed by atoms with E-state index in [1.165, 1.54) is 0 Å². The van der Waals surface area contributed by atoms with Gasteiger partial charge in [-0.2, -0.15) is 0 Å². The van der Waals surface area contributed by atoms with Gasteiger partial charge in [0.15, 0.2) is 5.54 Å². The molecule has 0 spiro atoms. The first kappa shape index (κ1) is 19.2. The van der Waals surface area contributed by atoms with Gasteiger partial charge in [0.1, 0.15) is 24.4 Å². The van der Waals surface area contributed by atoms with E-state index in [1.54, 1.807) is 0 Å². The van der Waals surface area contributed by atoms with Gasteiger partial charge < -0.3 is 46.8 Å². The van der Waals surface area contributed by atoms with E-state index >= 15 is 0 Å². The molecule has 0 amide bonds. The van der Waals surface area contributed by atoms with E-state index in [4.69, 9.17) is 21.3 Å². The van der Waals surface area contributed by atoms with Gasteiger partial charge in [-0.15, -0.1) is 0 Å². The zero-order valence-corrected chi connectivity index (χ0v) is 12.0. The van der Waals surface area contributed by atoms with Crippen molar-refractivity contribution in [2.45, 2.75) is 55.0 Å². The molecule has 6 atom stereocenters. The Morgan fingerprint density at radius 2 is 1.82 bits per heavy atom. The van der Waals surface area contributed by atoms with Crippen LogP contribution >= 0.6 is 0 Å². The molecule has 1 saturated heterocycles. The van der Waals surface area contributed by atoms with Crippen LogP contribution in [0.25, 0.3) is 0 Å². The first-order valence-corrected chi connectivity index (χ1v) is 6.93. The highest BCUT2D eigenvalue weighted by Crippen LogP contribution is 2.37. The van der Waals surface area contributed by atoms with E-state index < -0.39 is 48.3 Å². The maximum Gasteiger partial charge on any atom is 0.329 e. The lowest BCUT2D eigenvalue weighted by Crippen LogP contribution is -2.78. The molecule has 0 aromatic rings. The van der Waals surface area contributed by atoms with Crippen molar-refractivity contribution in [2.24, 2.45) is 11.5 Å². The Bertz CT molecular complexity index is 395. The standard InChI is InChI=1S/C12H24N2O8/c13-4-2-1-3-11(14,10(19)20)12(21)9(18)8(17)7(16)6(5-15)22-12/h6-9,15-18,21H,1-5,13-14H2,(H,19,20). The van der Waals surface area contributed by atoms with Crippen LogP contribution in [0.2, 0.25) is 0 Å². The van der Waals surface area contributed by atoms with E-state index in [0.717, 1.165) is 0 Å². The van der Waals surface area contributed by atoms with Gasteiger partial charge in [0, 0.05) is 0 Å². The average Bonchev–Trinajstić information content (AvgIpc) is 2.48. The number of carboxylic acid groups (broad SMARTS) is 1. The quantitative estimate of drug-likeness (QED) is 0.214. The largest absolute Gasteiger partial charge is 0.480 e. The van der Waals surface area contributed by atoms with Crippen LogP contribution < -0.4 is 11.5 Å². The summed E-state index contributed by atoms with van der Waals surface area (Å²) in [5.41, 5.74) is 8.61. The molecular formula is C12H24N2O8. The Morgan fingerprint density at radius 1 is 1.23 bits per heavy atom. The van der Waals surface area contributed by atoms with Gasteiger partial charge >= 0.3 is 5.97 Å². The van der Waals surface area contributed by atoms with Gasteiger partial charge in [0.05, 0.1) is 6.61 Å². The Labute approximate surface area is 126 Å². The molecule has 1 fully saturated rings. The van der Waals surface area contributed by atoms with Gasteiger partial charge in [-0.25, -0.2) is 0 Å². The van der Waals surface area contributed by atoms with Crippen molar-refractivity contribution in [2.75, 3.05) is 13.2 Å². The zero-order chi connectivity index (χ0) is 17.1. The molecule has 6 unspecified atom stereocenters. The third-order valence-electron chi connectivity index (χ3n) is 4.01. The number of hydrogen-bond acceptors (Lipinski definition) is 9. The summed E-state index contributed by atoms with van der Waals surface area (Å²) in [6, 6.07) is 0. The molecule has 0 aromatic heterocycles. The number of ether oxygens (including phenoxy) is 1. The van der Waals surface area contributed by atoms with Crippen molar-refractivity contribution >= 4 is 5.97 Å². The summed E-state index contributed by atoms with van der Waals surface area (Å²) in [7, 11) is 0. The fourth-order valence-corrected chi connectivity index (χ4v) is 2.51. The molecule has 1 aliphatic rings. The summed E-state index contributed by atoms with van der Waals surface area (Å²) < 4.78 is 4.98. The molecule has 10 nitrogen and oxygen atoms in total. The first-order valence-electron chi connectivity index (χ1n) is 6.93. The number of aliphatic carboxylic acids is 1. The maximum absolute atomic E-state index is 11.5. The fraction of sp³-hybridized carbons (Fsp3) is 0.917. The molecule has 0 aliphatic carbocycles. The summed E-state index contributed by atoms with van der Waals surface area (Å²) in [6.07, 6.45) is -6.97. The Kier molecular flexibility index (Phi) is 6.24. The van der Waals surface area contributed by atoms with E-state index in [0.29, 0.717) is 6.42 Å². The predicted octanol–water partition coefficient (Wildman–Crippen LogP) is -3.94. The van der Waals surface area contributed by atoms with Crippen molar-refractivity contribution in [1.29, 1.82) is 0 Å². The van der Waals surface area contributed by atoms with Crippen LogP contribution in [0.1, 0.15) is 19.3 Å². The monoisotopic (exact) mass is 324 g/mol. The molecule has 0 bridgehead atoms. The number of unbranched alkanes of at least 4 members (excludes halogenated alkanes) is 1. The highest BCUT2D eigenvalue weighted by Gasteiger charge is 2.65. The van der Waals surface area contributed by atoms with Crippen LogP contribution in [0, 0.1) is 0 Å². The molecular weight excluding hydrogens is 300 g/mol. The van der Waals surface area contributed by atoms with Gasteiger partial charge in [-0.3, -0.25) is 4.79 Å². The smallest absolute Gasteiger partial charge is 0.329 e. The number of carboxylic acids is 1. The zero-order valence-electron chi connectivity index (χ0n) is 12.0. The minimum Gasteiger partial charge on any atom is -0.480 e. The lowest BCUT2D eigenvalue weighted by Gasteiger charge is -2.51. The molecule has 1 aliphatic heterocycles. The molecule has 0 aromatic carbocycles. The first-order chi connectivity index (χ1) is 10.2. The number of rotatable bonds is 7. The number of hydrogen-bond donors (Lipinski definition) is 8. The van der Waals surface area contributed by atoms with Crippen LogP contribution in [0.5, 0.6) is 0 Å². The average molecular weight is 324 g/mol. The summed E-state index contributed by atoms with van der Waals surface area (Å²) in [4.78, 5) is 11.5. The van der Waals surface area contributed by atoms with Crippen LogP contribution in [-0.2, 0) is 9.53 Å². The molecule has 22 heavy (non-hydrogen) atoms. The van der Waals surface area contributed by atoms with Crippen molar-refractivity contribution in [1.82, 2.24) is 0 Å². The van der Waals surface area contributed by atoms with Gasteiger partial charge in [-0.05, 0) is 25.8 Å². The van der Waals surface area contributed by atoms with Crippen molar-refractivity contribution in [3.8, 4) is 0 Å². The van der Waals surface area contributed by atoms with E-state index in [1.807, 2.05) is 0 Å². The van der Waals surface area contributed by atoms with Crippen LogP contribution in [0.4, 0.5) is 0 Å². The van der Waals surface area contributed by atoms with Crippen molar-refractivity contribution < 1.29 is 40.2 Å². The summed E-state index contributed by atoms with van der Waals surface area (Å²) in [5, 5.41) is 58.4. The second-order valence-electron chi connectivity index (χ2n) is 5.48. The minimum atomic E-state index is -2.89. The Morgan fingerprint density at radius 3 is 2.27 bits per heavy atom. The van der Waals surface area contributed by atoms with Gasteiger partial charge in [0.25, 0.3) is 0 Å². The van der Waals surface area contributed by atoms with Gasteiger partial charge in [-0.1, -0.05) is 0 Å². The van der Waals surface area contributed by atoms with Gasteiger partial charge in [0.2, 0.25) is 5.79 Å².